The summed E-state index contributed by atoms with van der Waals surface area (Å²) in [6.45, 7) is 2.27. The van der Waals surface area contributed by atoms with Gasteiger partial charge in [0.1, 0.15) is 5.82 Å². The van der Waals surface area contributed by atoms with E-state index in [0.29, 0.717) is 30.0 Å². The molecular formula is C17H21F3N6O. The predicted molar refractivity (Wildman–Crippen MR) is 91.2 cm³/mol. The molecule has 2 aliphatic rings. The van der Waals surface area contributed by atoms with Crippen LogP contribution in [-0.4, -0.2) is 49.1 Å². The third-order valence-corrected chi connectivity index (χ3v) is 5.21. The molecule has 1 unspecified atom stereocenters. The summed E-state index contributed by atoms with van der Waals surface area (Å²) in [7, 11) is 1.73. The van der Waals surface area contributed by atoms with Crippen molar-refractivity contribution in [2.75, 3.05) is 11.9 Å². The first-order valence-corrected chi connectivity index (χ1v) is 8.96. The number of carbonyl (C=O) groups is 1. The number of nitrogens with one attached hydrogen (secondary N) is 1. The molecule has 1 fully saturated rings. The molecule has 2 aliphatic heterocycles. The van der Waals surface area contributed by atoms with E-state index in [9.17, 15) is 18.0 Å². The molecule has 0 bridgehead atoms. The molecule has 27 heavy (non-hydrogen) atoms. The van der Waals surface area contributed by atoms with Crippen LogP contribution in [0.1, 0.15) is 54.3 Å². The second kappa shape index (κ2) is 6.28. The molecule has 4 heterocycles. The van der Waals surface area contributed by atoms with Crippen molar-refractivity contribution in [3.63, 3.8) is 0 Å². The van der Waals surface area contributed by atoms with Gasteiger partial charge in [-0.15, -0.1) is 0 Å². The van der Waals surface area contributed by atoms with E-state index < -0.39 is 12.2 Å². The highest BCUT2D eigenvalue weighted by atomic mass is 19.4. The number of fused-ring (bicyclic) bond motifs is 1. The van der Waals surface area contributed by atoms with Gasteiger partial charge in [0, 0.05) is 31.9 Å². The Balaban J connectivity index is 1.64. The van der Waals surface area contributed by atoms with Crippen LogP contribution in [0.3, 0.4) is 0 Å². The molecule has 2 aromatic rings. The monoisotopic (exact) mass is 382 g/mol. The largest absolute Gasteiger partial charge is 0.410 e. The smallest absolute Gasteiger partial charge is 0.368 e. The molecule has 146 valence electrons. The van der Waals surface area contributed by atoms with Crippen LogP contribution in [0.5, 0.6) is 0 Å². The number of hydrogen-bond acceptors (Lipinski definition) is 4. The van der Waals surface area contributed by atoms with Crippen LogP contribution in [-0.2, 0) is 7.05 Å². The lowest BCUT2D eigenvalue weighted by atomic mass is 10.1. The van der Waals surface area contributed by atoms with Crippen molar-refractivity contribution in [3.8, 4) is 0 Å². The predicted octanol–water partition coefficient (Wildman–Crippen LogP) is 2.90. The molecule has 10 heteroatoms. The van der Waals surface area contributed by atoms with Crippen LogP contribution in [0.15, 0.2) is 18.5 Å². The summed E-state index contributed by atoms with van der Waals surface area (Å²) in [6, 6.07) is -0.637. The average molecular weight is 382 g/mol. The maximum atomic E-state index is 13.4. The summed E-state index contributed by atoms with van der Waals surface area (Å²) in [6.07, 6.45) is 0.160. The fraction of sp³-hybridized carbons (Fsp3) is 0.588. The second-order valence-electron chi connectivity index (χ2n) is 7.30. The first kappa shape index (κ1) is 17.9. The highest BCUT2D eigenvalue weighted by molar-refractivity contribution is 5.94. The van der Waals surface area contributed by atoms with Gasteiger partial charge in [-0.2, -0.15) is 23.4 Å². The Morgan fingerprint density at radius 1 is 1.37 bits per heavy atom. The van der Waals surface area contributed by atoms with Crippen molar-refractivity contribution in [1.82, 2.24) is 24.5 Å². The minimum Gasteiger partial charge on any atom is -0.368 e. The third-order valence-electron chi connectivity index (χ3n) is 5.21. The molecule has 0 aliphatic carbocycles. The number of amides is 1. The maximum Gasteiger partial charge on any atom is 0.410 e. The van der Waals surface area contributed by atoms with Crippen LogP contribution >= 0.6 is 0 Å². The number of halogens is 3. The summed E-state index contributed by atoms with van der Waals surface area (Å²) in [5, 5.41) is 11.4. The molecule has 2 aromatic heterocycles. The van der Waals surface area contributed by atoms with Crippen LogP contribution < -0.4 is 5.32 Å². The van der Waals surface area contributed by atoms with Crippen molar-refractivity contribution in [1.29, 1.82) is 0 Å². The fourth-order valence-electron chi connectivity index (χ4n) is 3.95. The van der Waals surface area contributed by atoms with Crippen LogP contribution in [0.25, 0.3) is 0 Å². The topological polar surface area (TPSA) is 68.0 Å². The third kappa shape index (κ3) is 3.17. The Hall–Kier alpha value is -2.52. The van der Waals surface area contributed by atoms with E-state index in [0.717, 1.165) is 11.1 Å². The van der Waals surface area contributed by atoms with E-state index in [1.54, 1.807) is 35.8 Å². The van der Waals surface area contributed by atoms with Gasteiger partial charge in [-0.3, -0.25) is 9.48 Å². The van der Waals surface area contributed by atoms with Gasteiger partial charge in [-0.1, -0.05) is 0 Å². The summed E-state index contributed by atoms with van der Waals surface area (Å²) < 4.78 is 42.9. The standard InChI is InChI=1S/C17H21F3N6O/c1-10-6-14(17(18,19)20)26-15(22-10)7-12(23-26)13-4-3-5-25(13)16(27)11-8-21-24(2)9-11/h7-10,13-14,22H,3-6H2,1-2H3/t10-,13?,14-/m1/s1. The molecule has 7 nitrogen and oxygen atoms in total. The van der Waals surface area contributed by atoms with Crippen molar-refractivity contribution >= 4 is 11.7 Å². The molecule has 3 atom stereocenters. The molecule has 4 rings (SSSR count). The quantitative estimate of drug-likeness (QED) is 0.867. The molecule has 1 amide bonds. The summed E-state index contributed by atoms with van der Waals surface area (Å²) in [4.78, 5) is 14.5. The van der Waals surface area contributed by atoms with E-state index in [1.807, 2.05) is 0 Å². The zero-order valence-corrected chi connectivity index (χ0v) is 15.1. The lowest BCUT2D eigenvalue weighted by Gasteiger charge is -2.31. The number of aromatic nitrogens is 4. The minimum atomic E-state index is -4.37. The molecular weight excluding hydrogens is 361 g/mol. The summed E-state index contributed by atoms with van der Waals surface area (Å²) in [5.74, 6) is 0.178. The van der Waals surface area contributed by atoms with Gasteiger partial charge >= 0.3 is 6.18 Å². The second-order valence-corrected chi connectivity index (χ2v) is 7.30. The van der Waals surface area contributed by atoms with Gasteiger partial charge in [0.05, 0.1) is 23.5 Å². The van der Waals surface area contributed by atoms with Crippen molar-refractivity contribution < 1.29 is 18.0 Å². The van der Waals surface area contributed by atoms with Gasteiger partial charge in [-0.25, -0.2) is 4.68 Å². The van der Waals surface area contributed by atoms with E-state index in [4.69, 9.17) is 0 Å². The fourth-order valence-corrected chi connectivity index (χ4v) is 3.95. The minimum absolute atomic E-state index is 0.0688. The summed E-state index contributed by atoms with van der Waals surface area (Å²) in [5.41, 5.74) is 0.962. The maximum absolute atomic E-state index is 13.4. The van der Waals surface area contributed by atoms with Gasteiger partial charge < -0.3 is 10.2 Å². The van der Waals surface area contributed by atoms with Gasteiger partial charge in [0.15, 0.2) is 6.04 Å². The number of alkyl halides is 3. The number of carbonyl (C=O) groups excluding carboxylic acids is 1. The van der Waals surface area contributed by atoms with Crippen molar-refractivity contribution in [2.45, 2.75) is 50.5 Å². The molecule has 0 aromatic carbocycles. The zero-order valence-electron chi connectivity index (χ0n) is 15.1. The SMILES string of the molecule is C[C@@H]1C[C@H](C(F)(F)F)n2nc(C3CCCN3C(=O)c3cnn(C)c3)cc2N1. The van der Waals surface area contributed by atoms with Crippen LogP contribution in [0, 0.1) is 0 Å². The first-order chi connectivity index (χ1) is 12.7. The average Bonchev–Trinajstić information content (AvgIpc) is 3.30. The molecule has 1 N–H and O–H groups in total. The molecule has 1 saturated heterocycles. The molecule has 0 saturated carbocycles. The van der Waals surface area contributed by atoms with Gasteiger partial charge in [0.2, 0.25) is 0 Å². The highest BCUT2D eigenvalue weighted by Gasteiger charge is 2.46. The lowest BCUT2D eigenvalue weighted by Crippen LogP contribution is -2.38. The van der Waals surface area contributed by atoms with Crippen molar-refractivity contribution in [3.05, 3.63) is 29.7 Å². The van der Waals surface area contributed by atoms with Crippen LogP contribution in [0.2, 0.25) is 0 Å². The number of hydrogen-bond donors (Lipinski definition) is 1. The van der Waals surface area contributed by atoms with Gasteiger partial charge in [0.25, 0.3) is 5.91 Å². The zero-order chi connectivity index (χ0) is 19.3. The first-order valence-electron chi connectivity index (χ1n) is 8.96. The Bertz CT molecular complexity index is 857. The number of nitrogens with zero attached hydrogens (tertiary/aromatic N) is 5. The molecule has 0 spiro atoms. The summed E-state index contributed by atoms with van der Waals surface area (Å²) >= 11 is 0. The Kier molecular flexibility index (Phi) is 4.15. The van der Waals surface area contributed by atoms with Gasteiger partial charge in [-0.05, 0) is 26.2 Å². The molecule has 0 radical (unpaired) electrons. The normalized spacial score (nSPS) is 25.4. The number of aryl methyl sites for hydroxylation is 1. The van der Waals surface area contributed by atoms with Crippen LogP contribution in [0.4, 0.5) is 19.0 Å². The van der Waals surface area contributed by atoms with E-state index in [2.05, 4.69) is 15.5 Å². The van der Waals surface area contributed by atoms with E-state index >= 15 is 0 Å². The van der Waals surface area contributed by atoms with E-state index in [-0.39, 0.29) is 24.4 Å². The lowest BCUT2D eigenvalue weighted by molar-refractivity contribution is -0.173. The Labute approximate surface area is 154 Å². The number of rotatable bonds is 2. The highest BCUT2D eigenvalue weighted by Crippen LogP contribution is 2.41. The Morgan fingerprint density at radius 3 is 2.81 bits per heavy atom. The van der Waals surface area contributed by atoms with Crippen molar-refractivity contribution in [2.24, 2.45) is 7.05 Å². The number of likely N-dealkylation sites (tertiary alicyclic amines) is 1. The van der Waals surface area contributed by atoms with E-state index in [1.165, 1.54) is 6.20 Å². The Morgan fingerprint density at radius 2 is 2.15 bits per heavy atom. The number of anilines is 1.